The molecule has 28 heavy (non-hydrogen) atoms. The van der Waals surface area contributed by atoms with Crippen LogP contribution in [0.4, 0.5) is 5.69 Å². The van der Waals surface area contributed by atoms with Gasteiger partial charge in [0.15, 0.2) is 12.3 Å². The highest BCUT2D eigenvalue weighted by atomic mass is 35.5. The van der Waals surface area contributed by atoms with E-state index < -0.39 is 5.91 Å². The molecule has 1 heterocycles. The Kier molecular flexibility index (Phi) is 5.91. The van der Waals surface area contributed by atoms with Gasteiger partial charge in [0.2, 0.25) is 5.88 Å². The Balaban J connectivity index is 1.83. The first-order chi connectivity index (χ1) is 13.3. The minimum Gasteiger partial charge on any atom is -0.493 e. The summed E-state index contributed by atoms with van der Waals surface area (Å²) < 4.78 is 7.18. The van der Waals surface area contributed by atoms with Gasteiger partial charge in [-0.15, -0.1) is 10.2 Å². The minimum absolute atomic E-state index is 0.0143. The van der Waals surface area contributed by atoms with Crippen molar-refractivity contribution >= 4 is 45.7 Å². The molecule has 0 fully saturated rings. The topological polar surface area (TPSA) is 76.2 Å². The quantitative estimate of drug-likeness (QED) is 0.497. The first-order valence-electron chi connectivity index (χ1n) is 8.64. The average molecular weight is 420 g/mol. The monoisotopic (exact) mass is 419 g/mol. The van der Waals surface area contributed by atoms with E-state index in [1.807, 2.05) is 20.8 Å². The number of amides is 1. The zero-order valence-corrected chi connectivity index (χ0v) is 17.1. The van der Waals surface area contributed by atoms with Gasteiger partial charge in [0.1, 0.15) is 5.75 Å². The summed E-state index contributed by atoms with van der Waals surface area (Å²) in [5.41, 5.74) is 1.76. The van der Waals surface area contributed by atoms with E-state index in [4.69, 9.17) is 27.9 Å². The number of rotatable bonds is 5. The third-order valence-corrected chi connectivity index (χ3v) is 4.65. The van der Waals surface area contributed by atoms with Crippen LogP contribution in [0.2, 0.25) is 10.0 Å². The lowest BCUT2D eigenvalue weighted by atomic mass is 10.2. The van der Waals surface area contributed by atoms with Crippen LogP contribution in [0.25, 0.3) is 10.9 Å². The van der Waals surface area contributed by atoms with Crippen molar-refractivity contribution in [3.8, 4) is 11.6 Å². The van der Waals surface area contributed by atoms with Gasteiger partial charge in [-0.1, -0.05) is 23.2 Å². The van der Waals surface area contributed by atoms with Gasteiger partial charge in [0.05, 0.1) is 5.52 Å². The van der Waals surface area contributed by atoms with Gasteiger partial charge < -0.3 is 14.4 Å². The fourth-order valence-electron chi connectivity index (χ4n) is 2.93. The molecule has 1 aromatic heterocycles. The lowest BCUT2D eigenvalue weighted by Gasteiger charge is -2.10. The number of aromatic nitrogens is 1. The van der Waals surface area contributed by atoms with Crippen LogP contribution in [0, 0.1) is 6.92 Å². The molecule has 0 aliphatic heterocycles. The smallest absolute Gasteiger partial charge is 0.302 e. The molecular weight excluding hydrogens is 401 g/mol. The summed E-state index contributed by atoms with van der Waals surface area (Å²) in [4.78, 5) is 12.1. The Hall–Kier alpha value is -2.57. The van der Waals surface area contributed by atoms with E-state index in [9.17, 15) is 9.90 Å². The van der Waals surface area contributed by atoms with Crippen LogP contribution in [0.15, 0.2) is 46.6 Å². The number of hydrogen-bond acceptors (Lipinski definition) is 4. The molecule has 2 aromatic carbocycles. The molecule has 0 aliphatic carbocycles. The molecule has 0 saturated heterocycles. The van der Waals surface area contributed by atoms with Crippen LogP contribution in [-0.4, -0.2) is 22.2 Å². The molecule has 1 amide bonds. The molecule has 0 bridgehead atoms. The van der Waals surface area contributed by atoms with Crippen molar-refractivity contribution in [2.45, 2.75) is 26.8 Å². The van der Waals surface area contributed by atoms with Crippen LogP contribution in [0.3, 0.4) is 0 Å². The standard InChI is InChI=1S/C20H19Cl2N3O3/c1-11(2)25-16-6-4-14(22)9-15(16)19(20(25)27)24-23-18(26)10-28-17-7-5-13(21)8-12(17)3/h4-9,11,27H,10H2,1-3H3. The number of hydrogen-bond donors (Lipinski definition) is 1. The lowest BCUT2D eigenvalue weighted by molar-refractivity contribution is -0.120. The van der Waals surface area contributed by atoms with Crippen molar-refractivity contribution < 1.29 is 14.6 Å². The van der Waals surface area contributed by atoms with E-state index in [-0.39, 0.29) is 24.2 Å². The zero-order chi connectivity index (χ0) is 20.4. The molecular formula is C20H19Cl2N3O3. The summed E-state index contributed by atoms with van der Waals surface area (Å²) in [7, 11) is 0. The van der Waals surface area contributed by atoms with Crippen LogP contribution in [0.5, 0.6) is 11.6 Å². The fourth-order valence-corrected chi connectivity index (χ4v) is 3.33. The van der Waals surface area contributed by atoms with E-state index in [0.29, 0.717) is 21.2 Å². The van der Waals surface area contributed by atoms with E-state index in [0.717, 1.165) is 11.1 Å². The summed E-state index contributed by atoms with van der Waals surface area (Å²) in [6.45, 7) is 5.41. The number of carbonyl (C=O) groups is 1. The van der Waals surface area contributed by atoms with Crippen molar-refractivity contribution in [2.24, 2.45) is 10.2 Å². The number of nitrogens with zero attached hydrogens (tertiary/aromatic N) is 3. The molecule has 3 aromatic rings. The second-order valence-corrected chi connectivity index (χ2v) is 7.46. The van der Waals surface area contributed by atoms with Crippen molar-refractivity contribution in [2.75, 3.05) is 6.61 Å². The fraction of sp³-hybridized carbons (Fsp3) is 0.250. The van der Waals surface area contributed by atoms with Crippen molar-refractivity contribution in [3.63, 3.8) is 0 Å². The Bertz CT molecular complexity index is 1070. The largest absolute Gasteiger partial charge is 0.493 e. The number of halogens is 2. The molecule has 3 rings (SSSR count). The number of ether oxygens (including phenoxy) is 1. The molecule has 0 spiro atoms. The highest BCUT2D eigenvalue weighted by Crippen LogP contribution is 2.41. The molecule has 0 saturated carbocycles. The summed E-state index contributed by atoms with van der Waals surface area (Å²) in [6, 6.07) is 10.3. The predicted octanol–water partition coefficient (Wildman–Crippen LogP) is 6.23. The second-order valence-electron chi connectivity index (χ2n) is 6.59. The molecule has 8 heteroatoms. The average Bonchev–Trinajstić information content (AvgIpc) is 2.90. The molecule has 1 N–H and O–H groups in total. The van der Waals surface area contributed by atoms with E-state index in [1.54, 1.807) is 41.0 Å². The first kappa shape index (κ1) is 20.2. The van der Waals surface area contributed by atoms with Crippen LogP contribution in [0.1, 0.15) is 25.5 Å². The molecule has 0 aliphatic rings. The second kappa shape index (κ2) is 8.20. The molecule has 0 unspecified atom stereocenters. The Labute approximate surface area is 172 Å². The summed E-state index contributed by atoms with van der Waals surface area (Å²) in [5.74, 6) is -0.113. The lowest BCUT2D eigenvalue weighted by Crippen LogP contribution is -2.08. The Morgan fingerprint density at radius 2 is 1.86 bits per heavy atom. The SMILES string of the molecule is Cc1cc(Cl)ccc1OCC(=O)N=Nc1c(O)n(C(C)C)c2ccc(Cl)cc12. The minimum atomic E-state index is -0.582. The van der Waals surface area contributed by atoms with E-state index in [1.165, 1.54) is 0 Å². The van der Waals surface area contributed by atoms with Crippen molar-refractivity contribution in [1.29, 1.82) is 0 Å². The number of benzene rings is 2. The van der Waals surface area contributed by atoms with Crippen molar-refractivity contribution in [1.82, 2.24) is 4.57 Å². The highest BCUT2D eigenvalue weighted by Gasteiger charge is 2.19. The highest BCUT2D eigenvalue weighted by molar-refractivity contribution is 6.31. The first-order valence-corrected chi connectivity index (χ1v) is 9.39. The Morgan fingerprint density at radius 3 is 2.54 bits per heavy atom. The number of azo groups is 1. The molecule has 146 valence electrons. The van der Waals surface area contributed by atoms with E-state index in [2.05, 4.69) is 10.2 Å². The normalized spacial score (nSPS) is 11.6. The maximum atomic E-state index is 12.1. The van der Waals surface area contributed by atoms with Crippen LogP contribution in [-0.2, 0) is 4.79 Å². The van der Waals surface area contributed by atoms with Gasteiger partial charge in [-0.05, 0) is 62.7 Å². The number of aryl methyl sites for hydroxylation is 1. The third-order valence-electron chi connectivity index (χ3n) is 4.18. The zero-order valence-electron chi connectivity index (χ0n) is 15.6. The van der Waals surface area contributed by atoms with Crippen LogP contribution >= 0.6 is 23.2 Å². The van der Waals surface area contributed by atoms with Gasteiger partial charge in [-0.3, -0.25) is 4.79 Å². The van der Waals surface area contributed by atoms with Crippen LogP contribution < -0.4 is 4.74 Å². The third kappa shape index (κ3) is 4.13. The summed E-state index contributed by atoms with van der Waals surface area (Å²) in [5, 5.41) is 19.9. The maximum absolute atomic E-state index is 12.1. The van der Waals surface area contributed by atoms with E-state index >= 15 is 0 Å². The molecule has 6 nitrogen and oxygen atoms in total. The number of aromatic hydroxyl groups is 1. The van der Waals surface area contributed by atoms with Gasteiger partial charge in [0.25, 0.3) is 0 Å². The molecule has 0 atom stereocenters. The maximum Gasteiger partial charge on any atom is 0.302 e. The van der Waals surface area contributed by atoms with Gasteiger partial charge in [-0.25, -0.2) is 0 Å². The van der Waals surface area contributed by atoms with Gasteiger partial charge >= 0.3 is 5.91 Å². The molecule has 0 radical (unpaired) electrons. The summed E-state index contributed by atoms with van der Waals surface area (Å²) >= 11 is 12.0. The van der Waals surface area contributed by atoms with Crippen molar-refractivity contribution in [3.05, 3.63) is 52.0 Å². The van der Waals surface area contributed by atoms with Gasteiger partial charge in [-0.2, -0.15) is 0 Å². The van der Waals surface area contributed by atoms with Gasteiger partial charge in [0, 0.05) is 21.5 Å². The number of carbonyl (C=O) groups excluding carboxylic acids is 1. The predicted molar refractivity (Wildman–Crippen MR) is 110 cm³/mol. The Morgan fingerprint density at radius 1 is 1.18 bits per heavy atom. The summed E-state index contributed by atoms with van der Waals surface area (Å²) in [6.07, 6.45) is 0. The number of fused-ring (bicyclic) bond motifs is 1.